The summed E-state index contributed by atoms with van der Waals surface area (Å²) < 4.78 is 0. The van der Waals surface area contributed by atoms with E-state index in [0.29, 0.717) is 0 Å². The van der Waals surface area contributed by atoms with E-state index in [0.717, 1.165) is 38.5 Å². The van der Waals surface area contributed by atoms with Gasteiger partial charge in [-0.05, 0) is 12.8 Å². The van der Waals surface area contributed by atoms with Crippen molar-refractivity contribution in [3.8, 4) is 36.5 Å². The maximum Gasteiger partial charge on any atom is 0.00977 e. The Morgan fingerprint density at radius 1 is 0.667 bits per heavy atom. The van der Waals surface area contributed by atoms with Crippen LogP contribution in [0.4, 0.5) is 0 Å². The monoisotopic (exact) mass is 158 g/mol. The summed E-state index contributed by atoms with van der Waals surface area (Å²) in [5.41, 5.74) is 0. The Labute approximate surface area is 75.8 Å². The lowest BCUT2D eigenvalue weighted by molar-refractivity contribution is 0.887. The van der Waals surface area contributed by atoms with Crippen molar-refractivity contribution < 1.29 is 0 Å². The van der Waals surface area contributed by atoms with Crippen molar-refractivity contribution in [3.05, 3.63) is 0 Å². The number of rotatable bonds is 4. The predicted octanol–water partition coefficient (Wildman–Crippen LogP) is 2.60. The Balaban J connectivity index is 3.14. The normalized spacial score (nSPS) is 7.50. The van der Waals surface area contributed by atoms with Crippen LogP contribution < -0.4 is 0 Å². The minimum absolute atomic E-state index is 0.832. The molecular formula is C12H14. The molecule has 0 saturated carbocycles. The Morgan fingerprint density at radius 3 is 1.42 bits per heavy atom. The highest BCUT2D eigenvalue weighted by Crippen LogP contribution is 1.93. The third-order valence-electron chi connectivity index (χ3n) is 1.37. The largest absolute Gasteiger partial charge is 0.120 e. The molecule has 0 nitrogen and oxygen atoms in total. The second kappa shape index (κ2) is 9.68. The van der Waals surface area contributed by atoms with Crippen LogP contribution >= 0.6 is 0 Å². The van der Waals surface area contributed by atoms with Crippen LogP contribution in [-0.2, 0) is 0 Å². The Morgan fingerprint density at radius 2 is 1.08 bits per heavy atom. The van der Waals surface area contributed by atoms with Gasteiger partial charge in [0.25, 0.3) is 0 Å². The zero-order chi connectivity index (χ0) is 9.07. The Kier molecular flexibility index (Phi) is 8.62. The van der Waals surface area contributed by atoms with Crippen LogP contribution in [0.1, 0.15) is 38.5 Å². The van der Waals surface area contributed by atoms with E-state index in [9.17, 15) is 0 Å². The Bertz CT molecular complexity index is 199. The van der Waals surface area contributed by atoms with Crippen LogP contribution in [0.3, 0.4) is 0 Å². The van der Waals surface area contributed by atoms with E-state index in [1.807, 2.05) is 0 Å². The van der Waals surface area contributed by atoms with Crippen LogP contribution in [0, 0.1) is 36.5 Å². The number of terminal acetylenes is 2. The average molecular weight is 158 g/mol. The van der Waals surface area contributed by atoms with Gasteiger partial charge < -0.3 is 0 Å². The molecule has 0 N–H and O–H groups in total. The first-order chi connectivity index (χ1) is 5.91. The Hall–Kier alpha value is -1.32. The third-order valence-corrected chi connectivity index (χ3v) is 1.37. The minimum atomic E-state index is 0.832. The van der Waals surface area contributed by atoms with Crippen LogP contribution in [0.25, 0.3) is 0 Å². The van der Waals surface area contributed by atoms with E-state index in [2.05, 4.69) is 23.7 Å². The van der Waals surface area contributed by atoms with Gasteiger partial charge in [0.15, 0.2) is 0 Å². The second-order valence-corrected chi connectivity index (χ2v) is 2.47. The highest BCUT2D eigenvalue weighted by molar-refractivity contribution is 5.00. The summed E-state index contributed by atoms with van der Waals surface area (Å²) in [6, 6.07) is 0. The molecule has 0 amide bonds. The highest BCUT2D eigenvalue weighted by atomic mass is 13.8. The molecule has 0 heterocycles. The van der Waals surface area contributed by atoms with Gasteiger partial charge in [-0.15, -0.1) is 36.5 Å². The fourth-order valence-electron chi connectivity index (χ4n) is 0.734. The van der Waals surface area contributed by atoms with Crippen molar-refractivity contribution in [2.45, 2.75) is 38.5 Å². The second-order valence-electron chi connectivity index (χ2n) is 2.47. The molecule has 0 heteroatoms. The molecule has 12 heavy (non-hydrogen) atoms. The summed E-state index contributed by atoms with van der Waals surface area (Å²) in [6.07, 6.45) is 15.7. The molecule has 0 unspecified atom stereocenters. The van der Waals surface area contributed by atoms with E-state index < -0.39 is 0 Å². The molecule has 0 saturated heterocycles. The van der Waals surface area contributed by atoms with Gasteiger partial charge >= 0.3 is 0 Å². The van der Waals surface area contributed by atoms with Crippen LogP contribution in [0.15, 0.2) is 0 Å². The molecule has 0 aromatic rings. The van der Waals surface area contributed by atoms with Crippen molar-refractivity contribution in [2.24, 2.45) is 0 Å². The summed E-state index contributed by atoms with van der Waals surface area (Å²) in [6.45, 7) is 0. The number of hydrogen-bond donors (Lipinski definition) is 0. The molecule has 0 aromatic carbocycles. The van der Waals surface area contributed by atoms with Crippen molar-refractivity contribution in [1.82, 2.24) is 0 Å². The zero-order valence-electron chi connectivity index (χ0n) is 7.40. The first kappa shape index (κ1) is 10.7. The van der Waals surface area contributed by atoms with Gasteiger partial charge in [-0.1, -0.05) is 0 Å². The molecule has 0 aromatic heterocycles. The van der Waals surface area contributed by atoms with E-state index in [-0.39, 0.29) is 0 Å². The standard InChI is InChI=1S/C12H14/c1-3-5-7-9-11-12-10-8-6-4-2/h1-2H,5-10H2. The molecule has 0 bridgehead atoms. The fourth-order valence-corrected chi connectivity index (χ4v) is 0.734. The molecule has 62 valence electrons. The minimum Gasteiger partial charge on any atom is -0.120 e. The number of hydrogen-bond acceptors (Lipinski definition) is 0. The van der Waals surface area contributed by atoms with Gasteiger partial charge in [0.1, 0.15) is 0 Å². The van der Waals surface area contributed by atoms with Crippen molar-refractivity contribution in [2.75, 3.05) is 0 Å². The molecule has 0 aliphatic rings. The average Bonchev–Trinajstić information content (AvgIpc) is 2.10. The summed E-state index contributed by atoms with van der Waals surface area (Å²) >= 11 is 0. The van der Waals surface area contributed by atoms with Crippen molar-refractivity contribution in [1.29, 1.82) is 0 Å². The van der Waals surface area contributed by atoms with E-state index in [4.69, 9.17) is 12.8 Å². The molecule has 0 aliphatic heterocycles. The lowest BCUT2D eigenvalue weighted by atomic mass is 10.2. The molecule has 0 rings (SSSR count). The topological polar surface area (TPSA) is 0 Å². The first-order valence-electron chi connectivity index (χ1n) is 4.24. The van der Waals surface area contributed by atoms with E-state index in [1.165, 1.54) is 0 Å². The summed E-state index contributed by atoms with van der Waals surface area (Å²) in [7, 11) is 0. The van der Waals surface area contributed by atoms with Crippen LogP contribution in [0.2, 0.25) is 0 Å². The SMILES string of the molecule is C#CCCCC#CCCCC#C. The quantitative estimate of drug-likeness (QED) is 0.436. The summed E-state index contributed by atoms with van der Waals surface area (Å²) in [5, 5.41) is 0. The van der Waals surface area contributed by atoms with Gasteiger partial charge in [0.05, 0.1) is 0 Å². The van der Waals surface area contributed by atoms with E-state index >= 15 is 0 Å². The van der Waals surface area contributed by atoms with Gasteiger partial charge in [-0.2, -0.15) is 0 Å². The smallest absolute Gasteiger partial charge is 0.00977 e. The zero-order valence-corrected chi connectivity index (χ0v) is 7.40. The predicted molar refractivity (Wildman–Crippen MR) is 53.1 cm³/mol. The van der Waals surface area contributed by atoms with Crippen molar-refractivity contribution >= 4 is 0 Å². The molecule has 0 fully saturated rings. The maximum absolute atomic E-state index is 5.09. The van der Waals surface area contributed by atoms with Crippen LogP contribution in [-0.4, -0.2) is 0 Å². The van der Waals surface area contributed by atoms with E-state index in [1.54, 1.807) is 0 Å². The third kappa shape index (κ3) is 8.68. The van der Waals surface area contributed by atoms with Gasteiger partial charge in [0, 0.05) is 25.7 Å². The molecular weight excluding hydrogens is 144 g/mol. The highest BCUT2D eigenvalue weighted by Gasteiger charge is 1.80. The molecule has 0 spiro atoms. The first-order valence-corrected chi connectivity index (χ1v) is 4.24. The molecule has 0 radical (unpaired) electrons. The summed E-state index contributed by atoms with van der Waals surface area (Å²) in [4.78, 5) is 0. The van der Waals surface area contributed by atoms with Gasteiger partial charge in [-0.25, -0.2) is 0 Å². The lowest BCUT2D eigenvalue weighted by Crippen LogP contribution is -1.71. The number of unbranched alkanes of at least 4 members (excludes halogenated alkanes) is 4. The lowest BCUT2D eigenvalue weighted by Gasteiger charge is -1.85. The molecule has 0 aliphatic carbocycles. The van der Waals surface area contributed by atoms with Crippen molar-refractivity contribution in [3.63, 3.8) is 0 Å². The maximum atomic E-state index is 5.09. The van der Waals surface area contributed by atoms with Gasteiger partial charge in [-0.3, -0.25) is 0 Å². The summed E-state index contributed by atoms with van der Waals surface area (Å²) in [5.74, 6) is 11.3. The fraction of sp³-hybridized carbons (Fsp3) is 0.500. The van der Waals surface area contributed by atoms with Crippen LogP contribution in [0.5, 0.6) is 0 Å². The van der Waals surface area contributed by atoms with Gasteiger partial charge in [0.2, 0.25) is 0 Å². The molecule has 0 atom stereocenters.